The second-order valence-corrected chi connectivity index (χ2v) is 6.89. The molecule has 0 radical (unpaired) electrons. The minimum atomic E-state index is -0.924. The second kappa shape index (κ2) is 10.0. The first-order chi connectivity index (χ1) is 13.1. The van der Waals surface area contributed by atoms with Crippen LogP contribution in [0.5, 0.6) is 0 Å². The first-order valence-corrected chi connectivity index (χ1v) is 9.04. The second-order valence-electron chi connectivity index (χ2n) is 6.89. The lowest BCUT2D eigenvalue weighted by molar-refractivity contribution is -0.116. The zero-order valence-corrected chi connectivity index (χ0v) is 17.1. The molecule has 5 nitrogen and oxygen atoms in total. The summed E-state index contributed by atoms with van der Waals surface area (Å²) in [6.45, 7) is 2.03. The van der Waals surface area contributed by atoms with E-state index in [0.29, 0.717) is 34.9 Å². The van der Waals surface area contributed by atoms with Crippen LogP contribution in [-0.4, -0.2) is 29.0 Å². The van der Waals surface area contributed by atoms with Crippen molar-refractivity contribution in [3.05, 3.63) is 48.0 Å². The number of anilines is 1. The Bertz CT molecular complexity index is 934. The lowest BCUT2D eigenvalue weighted by Crippen LogP contribution is -2.14. The van der Waals surface area contributed by atoms with Gasteiger partial charge in [-0.2, -0.15) is 0 Å². The van der Waals surface area contributed by atoms with Gasteiger partial charge < -0.3 is 15.6 Å². The van der Waals surface area contributed by atoms with E-state index in [0.717, 1.165) is 43.6 Å². The molecule has 0 saturated carbocycles. The van der Waals surface area contributed by atoms with Crippen LogP contribution >= 0.6 is 24.8 Å². The lowest BCUT2D eigenvalue weighted by Gasteiger charge is -2.09. The van der Waals surface area contributed by atoms with Crippen LogP contribution in [0.1, 0.15) is 19.3 Å². The SMILES string of the molecule is Cl.Cl.O=C(CCC1CCNC1)Nc1ccc(-c2nc3cc(F)c(F)cc3[nH]2)cc1. The Balaban J connectivity index is 0.00000150. The van der Waals surface area contributed by atoms with Gasteiger partial charge in [-0.15, -0.1) is 24.8 Å². The maximum atomic E-state index is 13.3. The average Bonchev–Trinajstić information content (AvgIpc) is 3.31. The van der Waals surface area contributed by atoms with Gasteiger partial charge >= 0.3 is 0 Å². The van der Waals surface area contributed by atoms with Crippen LogP contribution in [-0.2, 0) is 4.79 Å². The predicted octanol–water partition coefficient (Wildman–Crippen LogP) is 4.68. The highest BCUT2D eigenvalue weighted by atomic mass is 35.5. The molecule has 1 aliphatic heterocycles. The Morgan fingerprint density at radius 1 is 1.14 bits per heavy atom. The number of aromatic nitrogens is 2. The van der Waals surface area contributed by atoms with Crippen molar-refractivity contribution in [2.24, 2.45) is 5.92 Å². The fourth-order valence-corrected chi connectivity index (χ4v) is 3.37. The molecule has 3 N–H and O–H groups in total. The molecule has 1 aliphatic rings. The smallest absolute Gasteiger partial charge is 0.224 e. The van der Waals surface area contributed by atoms with E-state index >= 15 is 0 Å². The van der Waals surface area contributed by atoms with E-state index < -0.39 is 11.6 Å². The zero-order chi connectivity index (χ0) is 18.8. The topological polar surface area (TPSA) is 69.8 Å². The molecule has 156 valence electrons. The third kappa shape index (κ3) is 5.44. The first-order valence-electron chi connectivity index (χ1n) is 9.04. The number of hydrogen-bond donors (Lipinski definition) is 3. The van der Waals surface area contributed by atoms with Gasteiger partial charge in [0.15, 0.2) is 11.6 Å². The van der Waals surface area contributed by atoms with Crippen molar-refractivity contribution in [2.45, 2.75) is 19.3 Å². The van der Waals surface area contributed by atoms with E-state index in [2.05, 4.69) is 20.6 Å². The molecule has 2 heterocycles. The Morgan fingerprint density at radius 2 is 1.86 bits per heavy atom. The van der Waals surface area contributed by atoms with Crippen molar-refractivity contribution in [1.82, 2.24) is 15.3 Å². The monoisotopic (exact) mass is 442 g/mol. The summed E-state index contributed by atoms with van der Waals surface area (Å²) in [5.41, 5.74) is 2.27. The van der Waals surface area contributed by atoms with Crippen molar-refractivity contribution in [3.63, 3.8) is 0 Å². The third-order valence-electron chi connectivity index (χ3n) is 4.91. The molecule has 0 aliphatic carbocycles. The highest BCUT2D eigenvalue weighted by molar-refractivity contribution is 5.91. The number of aromatic amines is 1. The van der Waals surface area contributed by atoms with E-state index in [-0.39, 0.29) is 30.7 Å². The molecule has 1 atom stereocenters. The van der Waals surface area contributed by atoms with Crippen LogP contribution in [0.3, 0.4) is 0 Å². The Labute approximate surface area is 179 Å². The minimum absolute atomic E-state index is 0. The van der Waals surface area contributed by atoms with E-state index in [1.54, 1.807) is 24.3 Å². The fraction of sp³-hybridized carbons (Fsp3) is 0.300. The number of hydrogen-bond acceptors (Lipinski definition) is 3. The van der Waals surface area contributed by atoms with E-state index in [1.165, 1.54) is 0 Å². The predicted molar refractivity (Wildman–Crippen MR) is 115 cm³/mol. The van der Waals surface area contributed by atoms with Crippen LogP contribution in [0.2, 0.25) is 0 Å². The molecule has 2 aromatic carbocycles. The number of imidazole rings is 1. The van der Waals surface area contributed by atoms with Crippen LogP contribution < -0.4 is 10.6 Å². The van der Waals surface area contributed by atoms with Crippen LogP contribution in [0.15, 0.2) is 36.4 Å². The van der Waals surface area contributed by atoms with Crippen molar-refractivity contribution < 1.29 is 13.6 Å². The summed E-state index contributed by atoms with van der Waals surface area (Å²) >= 11 is 0. The number of benzene rings is 2. The van der Waals surface area contributed by atoms with Gasteiger partial charge in [0.1, 0.15) is 5.82 Å². The van der Waals surface area contributed by atoms with Gasteiger partial charge in [0.2, 0.25) is 5.91 Å². The van der Waals surface area contributed by atoms with E-state index in [1.807, 2.05) is 0 Å². The molecule has 1 fully saturated rings. The third-order valence-corrected chi connectivity index (χ3v) is 4.91. The van der Waals surface area contributed by atoms with Crippen LogP contribution in [0.4, 0.5) is 14.5 Å². The number of nitrogens with zero attached hydrogens (tertiary/aromatic N) is 1. The summed E-state index contributed by atoms with van der Waals surface area (Å²) in [5, 5.41) is 6.20. The molecular weight excluding hydrogens is 421 g/mol. The molecule has 9 heteroatoms. The molecule has 1 aromatic heterocycles. The van der Waals surface area contributed by atoms with E-state index in [4.69, 9.17) is 0 Å². The number of fused-ring (bicyclic) bond motifs is 1. The number of carbonyl (C=O) groups is 1. The molecule has 1 saturated heterocycles. The number of H-pyrrole nitrogens is 1. The number of nitrogens with one attached hydrogen (secondary N) is 3. The summed E-state index contributed by atoms with van der Waals surface area (Å²) in [4.78, 5) is 19.4. The van der Waals surface area contributed by atoms with Crippen LogP contribution in [0.25, 0.3) is 22.4 Å². The number of rotatable bonds is 5. The highest BCUT2D eigenvalue weighted by Crippen LogP contribution is 2.24. The quantitative estimate of drug-likeness (QED) is 0.537. The Kier molecular flexibility index (Phi) is 7.96. The standard InChI is InChI=1S/C20H20F2N4O.2ClH/c21-15-9-17-18(10-16(15)22)26-20(25-17)13-2-4-14(5-3-13)24-19(27)6-1-12-7-8-23-11-12;;/h2-5,9-10,12,23H,1,6-8,11H2,(H,24,27)(H,25,26);2*1H. The summed E-state index contributed by atoms with van der Waals surface area (Å²) in [6.07, 6.45) is 2.53. The summed E-state index contributed by atoms with van der Waals surface area (Å²) < 4.78 is 26.7. The summed E-state index contributed by atoms with van der Waals surface area (Å²) in [5.74, 6) is -0.733. The van der Waals surface area contributed by atoms with Gasteiger partial charge in [0.05, 0.1) is 11.0 Å². The number of amides is 1. The van der Waals surface area contributed by atoms with Crippen LogP contribution in [0, 0.1) is 17.6 Å². The van der Waals surface area contributed by atoms with Gasteiger partial charge in [0, 0.05) is 29.8 Å². The molecule has 1 amide bonds. The summed E-state index contributed by atoms with van der Waals surface area (Å²) in [7, 11) is 0. The van der Waals surface area contributed by atoms with E-state index in [9.17, 15) is 13.6 Å². The van der Waals surface area contributed by atoms with Crippen molar-refractivity contribution in [3.8, 4) is 11.4 Å². The molecule has 0 spiro atoms. The lowest BCUT2D eigenvalue weighted by atomic mass is 10.0. The Morgan fingerprint density at radius 3 is 2.55 bits per heavy atom. The summed E-state index contributed by atoms with van der Waals surface area (Å²) in [6, 6.07) is 9.36. The Hall–Kier alpha value is -2.22. The zero-order valence-electron chi connectivity index (χ0n) is 15.5. The molecular formula is C20H22Cl2F2N4O. The maximum absolute atomic E-state index is 13.3. The molecule has 0 bridgehead atoms. The average molecular weight is 443 g/mol. The normalized spacial score (nSPS) is 15.6. The maximum Gasteiger partial charge on any atom is 0.224 e. The molecule has 4 rings (SSSR count). The highest BCUT2D eigenvalue weighted by Gasteiger charge is 2.16. The van der Waals surface area contributed by atoms with Crippen molar-refractivity contribution in [2.75, 3.05) is 18.4 Å². The van der Waals surface area contributed by atoms with Gasteiger partial charge in [-0.3, -0.25) is 4.79 Å². The minimum Gasteiger partial charge on any atom is -0.338 e. The number of halogens is 4. The molecule has 3 aromatic rings. The first kappa shape index (κ1) is 23.1. The largest absolute Gasteiger partial charge is 0.338 e. The van der Waals surface area contributed by atoms with Crippen molar-refractivity contribution >= 4 is 47.4 Å². The van der Waals surface area contributed by atoms with Crippen molar-refractivity contribution in [1.29, 1.82) is 0 Å². The van der Waals surface area contributed by atoms with Gasteiger partial charge in [-0.25, -0.2) is 13.8 Å². The molecule has 1 unspecified atom stereocenters. The fourth-order valence-electron chi connectivity index (χ4n) is 3.37. The van der Waals surface area contributed by atoms with Gasteiger partial charge in [0.25, 0.3) is 0 Å². The van der Waals surface area contributed by atoms with Gasteiger partial charge in [-0.1, -0.05) is 0 Å². The van der Waals surface area contributed by atoms with Gasteiger partial charge in [-0.05, 0) is 56.1 Å². The number of carbonyl (C=O) groups excluding carboxylic acids is 1. The molecule has 29 heavy (non-hydrogen) atoms.